The summed E-state index contributed by atoms with van der Waals surface area (Å²) in [5, 5.41) is 3.05. The van der Waals surface area contributed by atoms with E-state index >= 15 is 0 Å². The first-order valence-corrected chi connectivity index (χ1v) is 11.3. The van der Waals surface area contributed by atoms with Crippen molar-refractivity contribution in [3.05, 3.63) is 83.8 Å². The standard InChI is InChI=1S/C26H28N6O/c1-19-15-20(2)17-21(16-19)28-26(33)31-13-11-30(12-14-31)18-24-29-23-9-6-10-27-25(23)32(24)22-7-4-3-5-8-22/h3-10,15-17H,11-14,18H2,1-2H3,(H,28,33). The highest BCUT2D eigenvalue weighted by Crippen LogP contribution is 2.21. The fraction of sp³-hybridized carbons (Fsp3) is 0.269. The second-order valence-corrected chi connectivity index (χ2v) is 8.61. The highest BCUT2D eigenvalue weighted by atomic mass is 16.2. The molecule has 2 amide bonds. The molecule has 1 aliphatic rings. The van der Waals surface area contributed by atoms with Crippen LogP contribution in [-0.4, -0.2) is 56.5 Å². The SMILES string of the molecule is Cc1cc(C)cc(NC(=O)N2CCN(Cc3nc4cccnc4n3-c3ccccc3)CC2)c1. The zero-order valence-electron chi connectivity index (χ0n) is 19.0. The van der Waals surface area contributed by atoms with E-state index in [9.17, 15) is 4.79 Å². The number of carbonyl (C=O) groups is 1. The Bertz CT molecular complexity index is 1250. The number of aromatic nitrogens is 3. The van der Waals surface area contributed by atoms with Gasteiger partial charge in [0.25, 0.3) is 0 Å². The summed E-state index contributed by atoms with van der Waals surface area (Å²) in [6.07, 6.45) is 1.81. The Morgan fingerprint density at radius 3 is 2.39 bits per heavy atom. The topological polar surface area (TPSA) is 66.3 Å². The number of rotatable bonds is 4. The maximum atomic E-state index is 12.8. The van der Waals surface area contributed by atoms with E-state index in [4.69, 9.17) is 4.98 Å². The Hall–Kier alpha value is -3.71. The van der Waals surface area contributed by atoms with Gasteiger partial charge in [-0.25, -0.2) is 14.8 Å². The fourth-order valence-corrected chi connectivity index (χ4v) is 4.47. The molecular weight excluding hydrogens is 412 g/mol. The number of para-hydroxylation sites is 1. The van der Waals surface area contributed by atoms with E-state index in [-0.39, 0.29) is 6.03 Å². The highest BCUT2D eigenvalue weighted by Gasteiger charge is 2.23. The van der Waals surface area contributed by atoms with Gasteiger partial charge in [0.2, 0.25) is 0 Å². The van der Waals surface area contributed by atoms with Crippen LogP contribution in [-0.2, 0) is 6.54 Å². The number of imidazole rings is 1. The minimum atomic E-state index is -0.0413. The lowest BCUT2D eigenvalue weighted by molar-refractivity contribution is 0.140. The lowest BCUT2D eigenvalue weighted by Gasteiger charge is -2.34. The van der Waals surface area contributed by atoms with Crippen molar-refractivity contribution in [1.82, 2.24) is 24.3 Å². The fourth-order valence-electron chi connectivity index (χ4n) is 4.47. The quantitative estimate of drug-likeness (QED) is 0.511. The largest absolute Gasteiger partial charge is 0.322 e. The third-order valence-electron chi connectivity index (χ3n) is 6.00. The summed E-state index contributed by atoms with van der Waals surface area (Å²) in [6, 6.07) is 20.2. The first-order valence-electron chi connectivity index (χ1n) is 11.3. The van der Waals surface area contributed by atoms with Crippen molar-refractivity contribution in [1.29, 1.82) is 0 Å². The Morgan fingerprint density at radius 1 is 0.939 bits per heavy atom. The Kier molecular flexibility index (Phi) is 5.79. The number of amides is 2. The molecule has 4 aromatic rings. The van der Waals surface area contributed by atoms with Gasteiger partial charge in [-0.2, -0.15) is 0 Å². The van der Waals surface area contributed by atoms with E-state index in [0.717, 1.165) is 52.6 Å². The average Bonchev–Trinajstić information content (AvgIpc) is 3.17. The molecule has 33 heavy (non-hydrogen) atoms. The molecule has 0 unspecified atom stereocenters. The molecule has 1 fully saturated rings. The first-order chi connectivity index (χ1) is 16.1. The minimum absolute atomic E-state index is 0.0413. The highest BCUT2D eigenvalue weighted by molar-refractivity contribution is 5.89. The van der Waals surface area contributed by atoms with E-state index in [2.05, 4.69) is 38.0 Å². The van der Waals surface area contributed by atoms with E-state index in [1.54, 1.807) is 6.20 Å². The summed E-state index contributed by atoms with van der Waals surface area (Å²) in [7, 11) is 0. The number of anilines is 1. The summed E-state index contributed by atoms with van der Waals surface area (Å²) in [5.74, 6) is 0.961. The number of hydrogen-bond donors (Lipinski definition) is 1. The molecule has 0 aliphatic carbocycles. The molecule has 1 aliphatic heterocycles. The molecule has 2 aromatic heterocycles. The normalized spacial score (nSPS) is 14.5. The summed E-state index contributed by atoms with van der Waals surface area (Å²) < 4.78 is 2.13. The van der Waals surface area contributed by atoms with Gasteiger partial charge >= 0.3 is 6.03 Å². The summed E-state index contributed by atoms with van der Waals surface area (Å²) in [5.41, 5.74) is 5.95. The number of hydrogen-bond acceptors (Lipinski definition) is 4. The van der Waals surface area contributed by atoms with Crippen LogP contribution < -0.4 is 5.32 Å². The lowest BCUT2D eigenvalue weighted by Crippen LogP contribution is -2.49. The number of piperazine rings is 1. The molecule has 1 N–H and O–H groups in total. The summed E-state index contributed by atoms with van der Waals surface area (Å²) in [6.45, 7) is 7.75. The second-order valence-electron chi connectivity index (χ2n) is 8.61. The van der Waals surface area contributed by atoms with Gasteiger partial charge in [0.05, 0.1) is 6.54 Å². The molecule has 168 valence electrons. The average molecular weight is 441 g/mol. The van der Waals surface area contributed by atoms with Gasteiger partial charge in [0.1, 0.15) is 11.3 Å². The van der Waals surface area contributed by atoms with Gasteiger partial charge in [-0.05, 0) is 61.4 Å². The molecule has 3 heterocycles. The molecule has 7 heteroatoms. The van der Waals surface area contributed by atoms with E-state index in [1.165, 1.54) is 0 Å². The molecular formula is C26H28N6O. The van der Waals surface area contributed by atoms with Gasteiger partial charge in [-0.15, -0.1) is 0 Å². The van der Waals surface area contributed by atoms with E-state index in [1.807, 2.05) is 61.2 Å². The van der Waals surface area contributed by atoms with Gasteiger partial charge in [-0.1, -0.05) is 24.3 Å². The third-order valence-corrected chi connectivity index (χ3v) is 6.00. The molecule has 0 atom stereocenters. The Morgan fingerprint density at radius 2 is 1.67 bits per heavy atom. The molecule has 0 radical (unpaired) electrons. The smallest absolute Gasteiger partial charge is 0.321 e. The molecule has 0 spiro atoms. The molecule has 0 bridgehead atoms. The zero-order chi connectivity index (χ0) is 22.8. The molecule has 7 nitrogen and oxygen atoms in total. The number of aryl methyl sites for hydroxylation is 2. The molecule has 2 aromatic carbocycles. The molecule has 1 saturated heterocycles. The third kappa shape index (κ3) is 4.59. The molecule has 0 saturated carbocycles. The number of carbonyl (C=O) groups excluding carboxylic acids is 1. The van der Waals surface area contributed by atoms with Crippen molar-refractivity contribution in [2.75, 3.05) is 31.5 Å². The van der Waals surface area contributed by atoms with Gasteiger partial charge in [0, 0.05) is 43.8 Å². The van der Waals surface area contributed by atoms with Crippen molar-refractivity contribution >= 4 is 22.9 Å². The van der Waals surface area contributed by atoms with Crippen LogP contribution in [0, 0.1) is 13.8 Å². The first kappa shape index (κ1) is 21.2. The van der Waals surface area contributed by atoms with Crippen LogP contribution in [0.25, 0.3) is 16.9 Å². The van der Waals surface area contributed by atoms with Crippen LogP contribution in [0.2, 0.25) is 0 Å². The zero-order valence-corrected chi connectivity index (χ0v) is 19.0. The number of nitrogens with one attached hydrogen (secondary N) is 1. The van der Waals surface area contributed by atoms with Gasteiger partial charge in [0.15, 0.2) is 5.65 Å². The van der Waals surface area contributed by atoms with E-state index < -0.39 is 0 Å². The second kappa shape index (κ2) is 9.03. The monoisotopic (exact) mass is 440 g/mol. The predicted octanol–water partition coefficient (Wildman–Crippen LogP) is 4.39. The number of fused-ring (bicyclic) bond motifs is 1. The number of pyridine rings is 1. The number of nitrogens with zero attached hydrogens (tertiary/aromatic N) is 5. The Labute approximate surface area is 193 Å². The van der Waals surface area contributed by atoms with Crippen LogP contribution in [0.15, 0.2) is 66.9 Å². The van der Waals surface area contributed by atoms with Crippen molar-refractivity contribution in [3.8, 4) is 5.69 Å². The van der Waals surface area contributed by atoms with Crippen molar-refractivity contribution in [2.24, 2.45) is 0 Å². The predicted molar refractivity (Wildman–Crippen MR) is 131 cm³/mol. The van der Waals surface area contributed by atoms with Crippen LogP contribution >= 0.6 is 0 Å². The Balaban J connectivity index is 1.27. The van der Waals surface area contributed by atoms with Gasteiger partial charge in [-0.3, -0.25) is 9.47 Å². The maximum absolute atomic E-state index is 12.8. The van der Waals surface area contributed by atoms with Crippen molar-refractivity contribution < 1.29 is 4.79 Å². The number of urea groups is 1. The van der Waals surface area contributed by atoms with Crippen LogP contribution in [0.5, 0.6) is 0 Å². The van der Waals surface area contributed by atoms with Crippen LogP contribution in [0.1, 0.15) is 17.0 Å². The lowest BCUT2D eigenvalue weighted by atomic mass is 10.1. The van der Waals surface area contributed by atoms with Gasteiger partial charge < -0.3 is 10.2 Å². The van der Waals surface area contributed by atoms with E-state index in [0.29, 0.717) is 19.6 Å². The number of benzene rings is 2. The maximum Gasteiger partial charge on any atom is 0.321 e. The van der Waals surface area contributed by atoms with Crippen LogP contribution in [0.3, 0.4) is 0 Å². The van der Waals surface area contributed by atoms with Crippen molar-refractivity contribution in [3.63, 3.8) is 0 Å². The summed E-state index contributed by atoms with van der Waals surface area (Å²) >= 11 is 0. The van der Waals surface area contributed by atoms with Crippen molar-refractivity contribution in [2.45, 2.75) is 20.4 Å². The van der Waals surface area contributed by atoms with Crippen LogP contribution in [0.4, 0.5) is 10.5 Å². The summed E-state index contributed by atoms with van der Waals surface area (Å²) in [4.78, 5) is 26.5. The molecule has 5 rings (SSSR count). The minimum Gasteiger partial charge on any atom is -0.322 e.